The van der Waals surface area contributed by atoms with Crippen molar-refractivity contribution in [1.82, 2.24) is 5.32 Å². The van der Waals surface area contributed by atoms with Crippen molar-refractivity contribution < 1.29 is 9.53 Å². The van der Waals surface area contributed by atoms with Crippen LogP contribution < -0.4 is 11.1 Å². The first kappa shape index (κ1) is 11.9. The Morgan fingerprint density at radius 3 is 2.38 bits per heavy atom. The van der Waals surface area contributed by atoms with Gasteiger partial charge in [-0.15, -0.1) is 0 Å². The van der Waals surface area contributed by atoms with Crippen LogP contribution in [0.1, 0.15) is 46.5 Å². The van der Waals surface area contributed by atoms with Crippen molar-refractivity contribution in [1.29, 1.82) is 0 Å². The van der Waals surface area contributed by atoms with Crippen molar-refractivity contribution in [3.63, 3.8) is 0 Å². The number of nitrogens with one attached hydrogen (secondary N) is 1. The van der Waals surface area contributed by atoms with Crippen LogP contribution in [-0.2, 0) is 9.53 Å². The van der Waals surface area contributed by atoms with E-state index >= 15 is 0 Å². The van der Waals surface area contributed by atoms with Crippen LogP contribution in [0.25, 0.3) is 0 Å². The number of rotatable bonds is 1. The fraction of sp³-hybridized carbons (Fsp3) is 0.917. The molecule has 2 rings (SSSR count). The Balaban J connectivity index is 2.14. The van der Waals surface area contributed by atoms with E-state index in [1.807, 2.05) is 20.8 Å². The molecule has 4 nitrogen and oxygen atoms in total. The van der Waals surface area contributed by atoms with Gasteiger partial charge in [-0.3, -0.25) is 0 Å². The smallest absolute Gasteiger partial charge is 0.328 e. The van der Waals surface area contributed by atoms with E-state index < -0.39 is 11.1 Å². The zero-order valence-corrected chi connectivity index (χ0v) is 10.4. The zero-order chi connectivity index (χ0) is 12.0. The largest absolute Gasteiger partial charge is 0.459 e. The van der Waals surface area contributed by atoms with Gasteiger partial charge in [0.15, 0.2) is 0 Å². The molecule has 2 aliphatic rings. The second-order valence-corrected chi connectivity index (χ2v) is 6.12. The molecule has 0 amide bonds. The molecule has 1 spiro atoms. The summed E-state index contributed by atoms with van der Waals surface area (Å²) in [6, 6.07) is 0. The number of ether oxygens (including phenoxy) is 1. The number of hydrogen-bond donors (Lipinski definition) is 2. The Morgan fingerprint density at radius 1 is 1.31 bits per heavy atom. The number of carbonyl (C=O) groups is 1. The van der Waals surface area contributed by atoms with Gasteiger partial charge in [-0.2, -0.15) is 0 Å². The van der Waals surface area contributed by atoms with Gasteiger partial charge >= 0.3 is 5.97 Å². The van der Waals surface area contributed by atoms with Gasteiger partial charge in [0.25, 0.3) is 0 Å². The highest BCUT2D eigenvalue weighted by atomic mass is 16.6. The third-order valence-corrected chi connectivity index (χ3v) is 3.65. The lowest BCUT2D eigenvalue weighted by atomic mass is 9.72. The van der Waals surface area contributed by atoms with Gasteiger partial charge in [-0.1, -0.05) is 12.8 Å². The average molecular weight is 226 g/mol. The van der Waals surface area contributed by atoms with Gasteiger partial charge in [-0.05, 0) is 33.6 Å². The highest BCUT2D eigenvalue weighted by Crippen LogP contribution is 2.43. The summed E-state index contributed by atoms with van der Waals surface area (Å²) in [7, 11) is 0. The second kappa shape index (κ2) is 3.44. The van der Waals surface area contributed by atoms with E-state index in [2.05, 4.69) is 5.32 Å². The van der Waals surface area contributed by atoms with Gasteiger partial charge in [0.2, 0.25) is 0 Å². The number of carbonyl (C=O) groups excluding carboxylic acids is 1. The van der Waals surface area contributed by atoms with Crippen LogP contribution in [0, 0.1) is 0 Å². The number of nitrogens with two attached hydrogens (primary N) is 1. The summed E-state index contributed by atoms with van der Waals surface area (Å²) < 4.78 is 5.45. The molecule has 2 fully saturated rings. The first-order valence-electron chi connectivity index (χ1n) is 6.07. The van der Waals surface area contributed by atoms with E-state index in [-0.39, 0.29) is 11.5 Å². The van der Waals surface area contributed by atoms with Crippen molar-refractivity contribution in [2.24, 2.45) is 5.73 Å². The van der Waals surface area contributed by atoms with Gasteiger partial charge in [0, 0.05) is 6.54 Å². The highest BCUT2D eigenvalue weighted by Gasteiger charge is 2.63. The third kappa shape index (κ3) is 1.84. The lowest BCUT2D eigenvalue weighted by Gasteiger charge is -2.40. The van der Waals surface area contributed by atoms with E-state index in [0.29, 0.717) is 0 Å². The molecule has 4 heteroatoms. The Hall–Kier alpha value is -0.610. The Morgan fingerprint density at radius 2 is 1.88 bits per heavy atom. The lowest BCUT2D eigenvalue weighted by Crippen LogP contribution is -2.64. The molecule has 1 saturated carbocycles. The predicted molar refractivity (Wildman–Crippen MR) is 62.0 cm³/mol. The lowest BCUT2D eigenvalue weighted by molar-refractivity contribution is -0.164. The van der Waals surface area contributed by atoms with Crippen LogP contribution in [0.5, 0.6) is 0 Å². The molecule has 1 aliphatic heterocycles. The van der Waals surface area contributed by atoms with Crippen molar-refractivity contribution in [3.8, 4) is 0 Å². The molecule has 2 atom stereocenters. The Bertz CT molecular complexity index is 305. The van der Waals surface area contributed by atoms with Crippen molar-refractivity contribution >= 4 is 5.97 Å². The topological polar surface area (TPSA) is 74.3 Å². The molecular formula is C12H22N2O2. The molecule has 1 heterocycles. The van der Waals surface area contributed by atoms with Crippen molar-refractivity contribution in [2.45, 2.75) is 63.1 Å². The highest BCUT2D eigenvalue weighted by molar-refractivity contribution is 5.84. The van der Waals surface area contributed by atoms with E-state index in [1.54, 1.807) is 0 Å². The molecule has 3 N–H and O–H groups in total. The molecule has 16 heavy (non-hydrogen) atoms. The zero-order valence-electron chi connectivity index (χ0n) is 10.4. The summed E-state index contributed by atoms with van der Waals surface area (Å²) in [5.41, 5.74) is 4.86. The van der Waals surface area contributed by atoms with E-state index in [4.69, 9.17) is 10.5 Å². The quantitative estimate of drug-likeness (QED) is 0.515. The summed E-state index contributed by atoms with van der Waals surface area (Å²) in [6.45, 7) is 6.49. The molecule has 1 saturated heterocycles. The summed E-state index contributed by atoms with van der Waals surface area (Å²) >= 11 is 0. The first-order valence-corrected chi connectivity index (χ1v) is 6.07. The van der Waals surface area contributed by atoms with Crippen molar-refractivity contribution in [2.75, 3.05) is 6.54 Å². The minimum absolute atomic E-state index is 0.173. The Kier molecular flexibility index (Phi) is 2.55. The third-order valence-electron chi connectivity index (χ3n) is 3.65. The molecule has 0 aromatic rings. The van der Waals surface area contributed by atoms with Gasteiger partial charge in [0.05, 0.1) is 5.54 Å². The summed E-state index contributed by atoms with van der Waals surface area (Å²) in [5.74, 6) is -0.246. The minimum Gasteiger partial charge on any atom is -0.459 e. The van der Waals surface area contributed by atoms with E-state index in [9.17, 15) is 4.79 Å². The molecule has 0 aromatic heterocycles. The Labute approximate surface area is 96.9 Å². The van der Waals surface area contributed by atoms with Crippen LogP contribution in [0.3, 0.4) is 0 Å². The number of esters is 1. The average Bonchev–Trinajstić information content (AvgIpc) is 2.89. The molecular weight excluding hydrogens is 204 g/mol. The fourth-order valence-electron chi connectivity index (χ4n) is 2.56. The van der Waals surface area contributed by atoms with E-state index in [0.717, 1.165) is 32.2 Å². The van der Waals surface area contributed by atoms with Crippen LogP contribution in [0.15, 0.2) is 0 Å². The minimum atomic E-state index is -0.821. The summed E-state index contributed by atoms with van der Waals surface area (Å²) in [6.07, 6.45) is 3.88. The molecule has 0 radical (unpaired) electrons. The molecule has 1 aliphatic carbocycles. The fourth-order valence-corrected chi connectivity index (χ4v) is 2.56. The maximum Gasteiger partial charge on any atom is 0.328 e. The second-order valence-electron chi connectivity index (χ2n) is 6.12. The molecule has 0 bridgehead atoms. The predicted octanol–water partition coefficient (Wildman–Crippen LogP) is 0.942. The summed E-state index contributed by atoms with van der Waals surface area (Å²) in [5, 5.41) is 3.28. The SMILES string of the molecule is CC(C)(C)OC(=O)C1(N)CCCCC12CN2. The first-order chi connectivity index (χ1) is 7.29. The monoisotopic (exact) mass is 226 g/mol. The maximum atomic E-state index is 12.2. The normalized spacial score (nSPS) is 38.5. The number of hydrogen-bond acceptors (Lipinski definition) is 4. The van der Waals surface area contributed by atoms with Crippen molar-refractivity contribution in [3.05, 3.63) is 0 Å². The van der Waals surface area contributed by atoms with Gasteiger partial charge < -0.3 is 15.8 Å². The van der Waals surface area contributed by atoms with Crippen LogP contribution >= 0.6 is 0 Å². The van der Waals surface area contributed by atoms with Crippen LogP contribution in [-0.4, -0.2) is 29.2 Å². The molecule has 2 unspecified atom stereocenters. The maximum absolute atomic E-state index is 12.2. The molecule has 0 aromatic carbocycles. The van der Waals surface area contributed by atoms with Crippen LogP contribution in [0.4, 0.5) is 0 Å². The molecule has 92 valence electrons. The van der Waals surface area contributed by atoms with Gasteiger partial charge in [0.1, 0.15) is 11.1 Å². The van der Waals surface area contributed by atoms with Gasteiger partial charge in [-0.25, -0.2) is 4.79 Å². The van der Waals surface area contributed by atoms with Crippen LogP contribution in [0.2, 0.25) is 0 Å². The summed E-state index contributed by atoms with van der Waals surface area (Å²) in [4.78, 5) is 12.2. The van der Waals surface area contributed by atoms with E-state index in [1.165, 1.54) is 0 Å². The standard InChI is InChI=1S/C12H22N2O2/c1-10(2,3)16-9(15)12(13)7-5-4-6-11(12)8-14-11/h14H,4-8,13H2,1-3H3.